The molecule has 2 heterocycles. The third-order valence-electron chi connectivity index (χ3n) is 3.28. The quantitative estimate of drug-likeness (QED) is 0.920. The number of thiophene rings is 1. The summed E-state index contributed by atoms with van der Waals surface area (Å²) in [4.78, 5) is 3.66. The molecule has 0 amide bonds. The highest BCUT2D eigenvalue weighted by atomic mass is 35.5. The number of fused-ring (bicyclic) bond motifs is 1. The molecule has 98 valence electrons. The van der Waals surface area contributed by atoms with Crippen LogP contribution in [-0.4, -0.2) is 24.0 Å². The molecule has 0 unspecified atom stereocenters. The molecule has 1 fully saturated rings. The molecule has 1 atom stereocenters. The van der Waals surface area contributed by atoms with Crippen LogP contribution in [0, 0.1) is 0 Å². The van der Waals surface area contributed by atoms with Crippen molar-refractivity contribution in [1.29, 1.82) is 0 Å². The van der Waals surface area contributed by atoms with Crippen LogP contribution < -0.4 is 5.73 Å². The van der Waals surface area contributed by atoms with Crippen LogP contribution >= 0.6 is 35.3 Å². The maximum atomic E-state index is 6.42. The Morgan fingerprint density at radius 2 is 2.17 bits per heavy atom. The number of nitrogens with two attached hydrogens (primary N) is 1. The molecule has 0 spiro atoms. The predicted octanol–water partition coefficient (Wildman–Crippen LogP) is 3.51. The zero-order valence-corrected chi connectivity index (χ0v) is 12.3. The van der Waals surface area contributed by atoms with Gasteiger partial charge in [-0.1, -0.05) is 29.8 Å². The van der Waals surface area contributed by atoms with Crippen molar-refractivity contribution < 1.29 is 0 Å². The Morgan fingerprint density at radius 1 is 1.39 bits per heavy atom. The molecule has 2 N–H and O–H groups in total. The van der Waals surface area contributed by atoms with E-state index in [-0.39, 0.29) is 12.4 Å². The third kappa shape index (κ3) is 2.65. The van der Waals surface area contributed by atoms with Crippen molar-refractivity contribution in [2.45, 2.75) is 19.0 Å². The van der Waals surface area contributed by atoms with Gasteiger partial charge in [-0.2, -0.15) is 0 Å². The van der Waals surface area contributed by atoms with Gasteiger partial charge in [0.15, 0.2) is 0 Å². The predicted molar refractivity (Wildman–Crippen MR) is 82.0 cm³/mol. The monoisotopic (exact) mass is 302 g/mol. The number of hydrogen-bond acceptors (Lipinski definition) is 3. The third-order valence-corrected chi connectivity index (χ3v) is 4.98. The van der Waals surface area contributed by atoms with Gasteiger partial charge < -0.3 is 5.73 Å². The van der Waals surface area contributed by atoms with Gasteiger partial charge in [-0.3, -0.25) is 4.90 Å². The average Bonchev–Trinajstić information content (AvgIpc) is 2.86. The lowest BCUT2D eigenvalue weighted by atomic mass is 10.2. The lowest BCUT2D eigenvalue weighted by Gasteiger charge is -2.13. The molecule has 1 aromatic carbocycles. The molecular weight excluding hydrogens is 287 g/mol. The summed E-state index contributed by atoms with van der Waals surface area (Å²) in [6.07, 6.45) is 1.10. The highest BCUT2D eigenvalue weighted by molar-refractivity contribution is 7.19. The van der Waals surface area contributed by atoms with E-state index in [4.69, 9.17) is 17.3 Å². The van der Waals surface area contributed by atoms with Crippen molar-refractivity contribution >= 4 is 45.4 Å². The molecular formula is C13H16Cl2N2S. The van der Waals surface area contributed by atoms with Crippen molar-refractivity contribution in [3.05, 3.63) is 34.2 Å². The van der Waals surface area contributed by atoms with Crippen LogP contribution in [-0.2, 0) is 6.54 Å². The first-order chi connectivity index (χ1) is 8.24. The van der Waals surface area contributed by atoms with Gasteiger partial charge in [0.2, 0.25) is 0 Å². The Kier molecular flexibility index (Phi) is 4.51. The fourth-order valence-electron chi connectivity index (χ4n) is 2.38. The van der Waals surface area contributed by atoms with Crippen LogP contribution in [0.15, 0.2) is 24.3 Å². The maximum absolute atomic E-state index is 6.42. The largest absolute Gasteiger partial charge is 0.326 e. The highest BCUT2D eigenvalue weighted by Gasteiger charge is 2.21. The van der Waals surface area contributed by atoms with E-state index >= 15 is 0 Å². The molecule has 0 bridgehead atoms. The van der Waals surface area contributed by atoms with Crippen LogP contribution in [0.4, 0.5) is 0 Å². The fourth-order valence-corrected chi connectivity index (χ4v) is 3.91. The minimum absolute atomic E-state index is 0. The van der Waals surface area contributed by atoms with Crippen molar-refractivity contribution in [2.75, 3.05) is 13.1 Å². The molecule has 1 aromatic heterocycles. The number of hydrogen-bond donors (Lipinski definition) is 1. The van der Waals surface area contributed by atoms with Crippen LogP contribution in [0.3, 0.4) is 0 Å². The molecule has 0 saturated carbocycles. The van der Waals surface area contributed by atoms with Crippen LogP contribution in [0.5, 0.6) is 0 Å². The second kappa shape index (κ2) is 5.76. The Hall–Kier alpha value is -0.320. The molecule has 0 aliphatic carbocycles. The van der Waals surface area contributed by atoms with Gasteiger partial charge in [-0.25, -0.2) is 0 Å². The zero-order valence-electron chi connectivity index (χ0n) is 9.93. The summed E-state index contributed by atoms with van der Waals surface area (Å²) in [7, 11) is 0. The summed E-state index contributed by atoms with van der Waals surface area (Å²) in [5, 5.41) is 2.10. The smallest absolute Gasteiger partial charge is 0.0637 e. The molecule has 2 nitrogen and oxygen atoms in total. The standard InChI is InChI=1S/C13H15ClN2S.ClH/c14-13-10-3-1-2-4-11(10)17-12(13)8-16-6-5-9(15)7-16;/h1-4,9H,5-8,15H2;1H/t9-;/m0./s1. The summed E-state index contributed by atoms with van der Waals surface area (Å²) in [5.41, 5.74) is 5.92. The zero-order chi connectivity index (χ0) is 11.8. The molecule has 5 heteroatoms. The van der Waals surface area contributed by atoms with E-state index in [1.165, 1.54) is 15.0 Å². The minimum Gasteiger partial charge on any atom is -0.326 e. The normalized spacial score (nSPS) is 20.2. The van der Waals surface area contributed by atoms with Gasteiger partial charge >= 0.3 is 0 Å². The Balaban J connectivity index is 0.00000120. The fraction of sp³-hybridized carbons (Fsp3) is 0.385. The summed E-state index contributed by atoms with van der Waals surface area (Å²) in [6.45, 7) is 3.02. The van der Waals surface area contributed by atoms with Gasteiger partial charge in [0.25, 0.3) is 0 Å². The number of likely N-dealkylation sites (tertiary alicyclic amines) is 1. The van der Waals surface area contributed by atoms with Crippen LogP contribution in [0.2, 0.25) is 5.02 Å². The van der Waals surface area contributed by atoms with Crippen molar-refractivity contribution in [1.82, 2.24) is 4.90 Å². The SMILES string of the molecule is Cl.N[C@H]1CCN(Cc2sc3ccccc3c2Cl)C1. The minimum atomic E-state index is 0. The molecule has 1 aliphatic rings. The van der Waals surface area contributed by atoms with Gasteiger partial charge in [0.1, 0.15) is 0 Å². The van der Waals surface area contributed by atoms with Crippen LogP contribution in [0.25, 0.3) is 10.1 Å². The number of nitrogens with zero attached hydrogens (tertiary/aromatic N) is 1. The van der Waals surface area contributed by atoms with Gasteiger partial charge in [0, 0.05) is 40.6 Å². The van der Waals surface area contributed by atoms with Crippen molar-refractivity contribution in [2.24, 2.45) is 5.73 Å². The number of benzene rings is 1. The summed E-state index contributed by atoms with van der Waals surface area (Å²) >= 11 is 8.22. The molecule has 18 heavy (non-hydrogen) atoms. The maximum Gasteiger partial charge on any atom is 0.0637 e. The molecule has 1 aliphatic heterocycles. The molecule has 0 radical (unpaired) electrons. The van der Waals surface area contributed by atoms with E-state index in [0.29, 0.717) is 6.04 Å². The lowest BCUT2D eigenvalue weighted by Crippen LogP contribution is -2.26. The van der Waals surface area contributed by atoms with Gasteiger partial charge in [-0.05, 0) is 12.5 Å². The molecule has 1 saturated heterocycles. The topological polar surface area (TPSA) is 29.3 Å². The van der Waals surface area contributed by atoms with E-state index in [1.807, 2.05) is 6.07 Å². The Labute approximate surface area is 122 Å². The average molecular weight is 303 g/mol. The number of rotatable bonds is 2. The highest BCUT2D eigenvalue weighted by Crippen LogP contribution is 2.36. The first-order valence-electron chi connectivity index (χ1n) is 5.88. The molecule has 2 aromatic rings. The summed E-state index contributed by atoms with van der Waals surface area (Å²) < 4.78 is 1.27. The molecule has 3 rings (SSSR count). The first kappa shape index (κ1) is 14.1. The Bertz CT molecular complexity index is 541. The summed E-state index contributed by atoms with van der Waals surface area (Å²) in [5.74, 6) is 0. The number of halogens is 2. The van der Waals surface area contributed by atoms with E-state index in [0.717, 1.165) is 31.1 Å². The lowest BCUT2D eigenvalue weighted by molar-refractivity contribution is 0.330. The second-order valence-corrected chi connectivity index (χ2v) is 6.13. The van der Waals surface area contributed by atoms with E-state index in [2.05, 4.69) is 23.1 Å². The second-order valence-electron chi connectivity index (χ2n) is 4.62. The van der Waals surface area contributed by atoms with E-state index in [9.17, 15) is 0 Å². The van der Waals surface area contributed by atoms with Gasteiger partial charge in [-0.15, -0.1) is 23.7 Å². The van der Waals surface area contributed by atoms with Crippen molar-refractivity contribution in [3.63, 3.8) is 0 Å². The van der Waals surface area contributed by atoms with Crippen LogP contribution in [0.1, 0.15) is 11.3 Å². The van der Waals surface area contributed by atoms with E-state index in [1.54, 1.807) is 11.3 Å². The first-order valence-corrected chi connectivity index (χ1v) is 7.07. The Morgan fingerprint density at radius 3 is 2.83 bits per heavy atom. The van der Waals surface area contributed by atoms with Gasteiger partial charge in [0.05, 0.1) is 5.02 Å². The van der Waals surface area contributed by atoms with Crippen molar-refractivity contribution in [3.8, 4) is 0 Å². The van der Waals surface area contributed by atoms with E-state index < -0.39 is 0 Å². The summed E-state index contributed by atoms with van der Waals surface area (Å²) in [6, 6.07) is 8.66.